The zero-order valence-corrected chi connectivity index (χ0v) is 28.2. The second kappa shape index (κ2) is 16.2. The molecule has 6 N–H and O–H groups in total. The van der Waals surface area contributed by atoms with Gasteiger partial charge in [0, 0.05) is 63.5 Å². The smallest absolute Gasteiger partial charge is 0.228 e. The molecule has 47 heavy (non-hydrogen) atoms. The molecule has 6 rings (SSSR count). The molecule has 5 heterocycles. The lowest BCUT2D eigenvalue weighted by molar-refractivity contribution is -0.141. The summed E-state index contributed by atoms with van der Waals surface area (Å²) in [7, 11) is 0. The fourth-order valence-corrected chi connectivity index (χ4v) is 8.73. The van der Waals surface area contributed by atoms with E-state index in [0.29, 0.717) is 50.9 Å². The van der Waals surface area contributed by atoms with E-state index >= 15 is 4.39 Å². The number of carbonyl (C=O) groups excluding carboxylic acids is 2. The van der Waals surface area contributed by atoms with E-state index in [4.69, 9.17) is 10.5 Å². The van der Waals surface area contributed by atoms with Crippen molar-refractivity contribution in [1.82, 2.24) is 36.0 Å². The largest absolute Gasteiger partial charge is 0.378 e. The Hall–Kier alpha value is -1.90. The third-order valence-electron chi connectivity index (χ3n) is 11.7. The molecule has 5 aliphatic heterocycles. The number of nitrogens with two attached hydrogens (primary N) is 1. The Kier molecular flexibility index (Phi) is 12.0. The van der Waals surface area contributed by atoms with Gasteiger partial charge in [-0.15, -0.1) is 0 Å². The summed E-state index contributed by atoms with van der Waals surface area (Å²) in [4.78, 5) is 34.0. The Bertz CT molecular complexity index is 1080. The van der Waals surface area contributed by atoms with Crippen molar-refractivity contribution < 1.29 is 23.1 Å². The van der Waals surface area contributed by atoms with Gasteiger partial charge in [-0.1, -0.05) is 25.3 Å². The van der Waals surface area contributed by atoms with Crippen molar-refractivity contribution in [3.05, 3.63) is 11.8 Å². The Balaban J connectivity index is 1.06. The predicted octanol–water partition coefficient (Wildman–Crippen LogP) is 0.711. The highest BCUT2D eigenvalue weighted by atomic mass is 19.1. The number of nitrogens with one attached hydrogen (secondary N) is 4. The molecule has 13 heteroatoms. The van der Waals surface area contributed by atoms with Gasteiger partial charge < -0.3 is 36.6 Å². The fourth-order valence-electron chi connectivity index (χ4n) is 8.73. The summed E-state index contributed by atoms with van der Waals surface area (Å²) in [6, 6.07) is -0.847. The summed E-state index contributed by atoms with van der Waals surface area (Å²) in [5.74, 6) is -0.477. The van der Waals surface area contributed by atoms with Crippen molar-refractivity contribution in [3.8, 4) is 0 Å². The van der Waals surface area contributed by atoms with Gasteiger partial charge >= 0.3 is 0 Å². The number of hydrogen-bond donors (Lipinski definition) is 5. The standard InChI is InChI=1S/C34H58F2N8O3/c1-22-30(32(37)40-28(8-7-25(35)17-39-22)23-5-3-2-4-6-23)33(45)41-29-19-38-18-27(36)31(29)43-11-9-24(10-12-43)34(46)44-15-13-42(14-16-44)26-20-47-21-26/h8,22-27,29-32,38-40H,2-7,9-21,37H2,1H3,(H,41,45)/b28-8-. The minimum Gasteiger partial charge on any atom is -0.378 e. The number of nitrogens with zero attached hydrogens (tertiary/aromatic N) is 3. The van der Waals surface area contributed by atoms with Crippen LogP contribution >= 0.6 is 0 Å². The average Bonchev–Trinajstić information content (AvgIpc) is 3.05. The number of ether oxygens (including phenoxy) is 1. The first kappa shape index (κ1) is 34.9. The molecule has 0 radical (unpaired) electrons. The molecule has 7 unspecified atom stereocenters. The summed E-state index contributed by atoms with van der Waals surface area (Å²) in [5, 5.41) is 13.0. The molecule has 1 aliphatic carbocycles. The van der Waals surface area contributed by atoms with E-state index in [-0.39, 0.29) is 36.9 Å². The summed E-state index contributed by atoms with van der Waals surface area (Å²) >= 11 is 0. The van der Waals surface area contributed by atoms with E-state index in [1.165, 1.54) is 6.42 Å². The molecule has 0 aromatic heterocycles. The summed E-state index contributed by atoms with van der Waals surface area (Å²) in [6.07, 6.45) is 6.29. The fraction of sp³-hybridized carbons (Fsp3) is 0.882. The molecule has 2 amide bonds. The van der Waals surface area contributed by atoms with Crippen molar-refractivity contribution in [2.24, 2.45) is 23.5 Å². The van der Waals surface area contributed by atoms with Crippen LogP contribution in [0.4, 0.5) is 8.78 Å². The summed E-state index contributed by atoms with van der Waals surface area (Å²) in [5.41, 5.74) is 7.71. The van der Waals surface area contributed by atoms with E-state index in [0.717, 1.165) is 70.8 Å². The highest BCUT2D eigenvalue weighted by Gasteiger charge is 2.43. The van der Waals surface area contributed by atoms with Crippen molar-refractivity contribution in [2.75, 3.05) is 72.1 Å². The van der Waals surface area contributed by atoms with Crippen molar-refractivity contribution in [3.63, 3.8) is 0 Å². The lowest BCUT2D eigenvalue weighted by Gasteiger charge is -2.46. The maximum absolute atomic E-state index is 15.7. The molecular weight excluding hydrogens is 606 g/mol. The van der Waals surface area contributed by atoms with E-state index in [9.17, 15) is 14.0 Å². The molecule has 0 aromatic rings. The molecule has 4 saturated heterocycles. The normalized spacial score (nSPS) is 37.7. The monoisotopic (exact) mass is 664 g/mol. The molecule has 11 nitrogen and oxygen atoms in total. The lowest BCUT2D eigenvalue weighted by Crippen LogP contribution is -2.68. The highest BCUT2D eigenvalue weighted by Crippen LogP contribution is 2.31. The van der Waals surface area contributed by atoms with Crippen LogP contribution in [0.15, 0.2) is 11.8 Å². The van der Waals surface area contributed by atoms with Crippen molar-refractivity contribution in [2.45, 2.75) is 101 Å². The Morgan fingerprint density at radius 3 is 2.34 bits per heavy atom. The summed E-state index contributed by atoms with van der Waals surface area (Å²) in [6.45, 7) is 8.78. The third kappa shape index (κ3) is 8.46. The first-order chi connectivity index (χ1) is 22.8. The summed E-state index contributed by atoms with van der Waals surface area (Å²) < 4.78 is 35.9. The first-order valence-electron chi connectivity index (χ1n) is 18.4. The van der Waals surface area contributed by atoms with Crippen LogP contribution in [0.2, 0.25) is 0 Å². The van der Waals surface area contributed by atoms with Crippen LogP contribution in [0.1, 0.15) is 58.3 Å². The van der Waals surface area contributed by atoms with Gasteiger partial charge in [-0.3, -0.25) is 19.4 Å². The van der Waals surface area contributed by atoms with Gasteiger partial charge in [0.05, 0.1) is 43.4 Å². The molecule has 7 atom stereocenters. The number of amides is 2. The number of piperidine rings is 2. The number of piperazine rings is 1. The number of halogens is 2. The second-order valence-corrected chi connectivity index (χ2v) is 14.9. The minimum absolute atomic E-state index is 0.0534. The molecule has 0 aromatic carbocycles. The van der Waals surface area contributed by atoms with E-state index in [1.807, 2.05) is 17.9 Å². The Morgan fingerprint density at radius 2 is 1.66 bits per heavy atom. The van der Waals surface area contributed by atoms with Crippen LogP contribution in [0.3, 0.4) is 0 Å². The quantitative estimate of drug-likeness (QED) is 0.279. The number of alkyl halides is 2. The van der Waals surface area contributed by atoms with Gasteiger partial charge in [0.15, 0.2) is 0 Å². The molecule has 266 valence electrons. The van der Waals surface area contributed by atoms with Crippen LogP contribution in [0.5, 0.6) is 0 Å². The van der Waals surface area contributed by atoms with Crippen LogP contribution < -0.4 is 27.0 Å². The van der Waals surface area contributed by atoms with Crippen LogP contribution in [0.25, 0.3) is 0 Å². The maximum Gasteiger partial charge on any atom is 0.228 e. The van der Waals surface area contributed by atoms with Gasteiger partial charge in [-0.2, -0.15) is 0 Å². The molecule has 0 spiro atoms. The van der Waals surface area contributed by atoms with Crippen LogP contribution in [-0.2, 0) is 14.3 Å². The molecule has 0 bridgehead atoms. The van der Waals surface area contributed by atoms with Crippen molar-refractivity contribution >= 4 is 11.8 Å². The molecule has 5 fully saturated rings. The Morgan fingerprint density at radius 1 is 0.936 bits per heavy atom. The highest BCUT2D eigenvalue weighted by molar-refractivity contribution is 5.81. The van der Waals surface area contributed by atoms with Gasteiger partial charge in [-0.05, 0) is 58.0 Å². The van der Waals surface area contributed by atoms with E-state index < -0.39 is 36.5 Å². The maximum atomic E-state index is 15.7. The van der Waals surface area contributed by atoms with Crippen LogP contribution in [-0.4, -0.2) is 141 Å². The zero-order chi connectivity index (χ0) is 32.9. The van der Waals surface area contributed by atoms with E-state index in [2.05, 4.69) is 31.1 Å². The molecular formula is C34H58F2N8O3. The van der Waals surface area contributed by atoms with Gasteiger partial charge in [0.1, 0.15) is 12.3 Å². The van der Waals surface area contributed by atoms with Crippen molar-refractivity contribution in [1.29, 1.82) is 0 Å². The van der Waals surface area contributed by atoms with Crippen LogP contribution in [0, 0.1) is 17.8 Å². The third-order valence-corrected chi connectivity index (χ3v) is 11.7. The topological polar surface area (TPSA) is 127 Å². The number of allylic oxidation sites excluding steroid dienone is 2. The number of rotatable bonds is 6. The number of carbonyl (C=O) groups is 2. The SMILES string of the molecule is CC1NCC(F)C/C=C(/C2CCCCC2)NC(N)C1C(=O)NC1CNCC(F)C1N1CCC(C(=O)N2CCN(C3COC3)CC2)CC1. The zero-order valence-electron chi connectivity index (χ0n) is 28.2. The van der Waals surface area contributed by atoms with Gasteiger partial charge in [-0.25, -0.2) is 8.78 Å². The Labute approximate surface area is 279 Å². The van der Waals surface area contributed by atoms with E-state index in [1.54, 1.807) is 0 Å². The number of hydrogen-bond acceptors (Lipinski definition) is 9. The van der Waals surface area contributed by atoms with Gasteiger partial charge in [0.25, 0.3) is 0 Å². The lowest BCUT2D eigenvalue weighted by atomic mass is 9.85. The molecule has 1 saturated carbocycles. The van der Waals surface area contributed by atoms with Gasteiger partial charge in [0.2, 0.25) is 11.8 Å². The molecule has 6 aliphatic rings. The minimum atomic E-state index is -1.16. The predicted molar refractivity (Wildman–Crippen MR) is 177 cm³/mol. The average molecular weight is 665 g/mol. The number of likely N-dealkylation sites (tertiary alicyclic amines) is 1. The second-order valence-electron chi connectivity index (χ2n) is 14.9. The first-order valence-corrected chi connectivity index (χ1v) is 18.4.